The topological polar surface area (TPSA) is 55.4 Å². The summed E-state index contributed by atoms with van der Waals surface area (Å²) < 4.78 is 4.81. The van der Waals surface area contributed by atoms with Crippen LogP contribution in [0, 0.1) is 5.41 Å². The van der Waals surface area contributed by atoms with E-state index in [-0.39, 0.29) is 18.4 Å². The number of ketones is 1. The molecule has 0 spiro atoms. The number of carbonyl (C=O) groups excluding carboxylic acids is 2. The Bertz CT molecular complexity index is 628. The molecule has 0 saturated carbocycles. The first-order valence-corrected chi connectivity index (χ1v) is 8.08. The number of fused-ring (bicyclic) bond motifs is 1. The van der Waals surface area contributed by atoms with Crippen LogP contribution in [-0.4, -0.2) is 25.7 Å². The van der Waals surface area contributed by atoms with E-state index in [0.717, 1.165) is 11.3 Å². The zero-order chi connectivity index (χ0) is 17.0. The number of hydrogen-bond acceptors (Lipinski definition) is 4. The molecule has 1 aliphatic heterocycles. The summed E-state index contributed by atoms with van der Waals surface area (Å²) in [5.41, 5.74) is 1.17. The van der Waals surface area contributed by atoms with Gasteiger partial charge < -0.3 is 9.96 Å². The van der Waals surface area contributed by atoms with Crippen LogP contribution in [0.3, 0.4) is 0 Å². The highest BCUT2D eigenvalue weighted by atomic mass is 16.5. The molecule has 0 aliphatic carbocycles. The molecule has 1 aromatic carbocycles. The van der Waals surface area contributed by atoms with Crippen LogP contribution in [0.4, 0.5) is 5.69 Å². The average Bonchev–Trinajstić information content (AvgIpc) is 2.59. The number of ether oxygens (including phenoxy) is 1. The average molecular weight is 313 g/mol. The number of anilines is 1. The third-order valence-corrected chi connectivity index (χ3v) is 4.84. The zero-order valence-corrected chi connectivity index (χ0v) is 14.3. The van der Waals surface area contributed by atoms with Crippen LogP contribution in [0.15, 0.2) is 30.2 Å². The fourth-order valence-corrected chi connectivity index (χ4v) is 2.87. The summed E-state index contributed by atoms with van der Waals surface area (Å²) in [5.74, 6) is 1.66. The molecule has 0 amide bonds. The summed E-state index contributed by atoms with van der Waals surface area (Å²) in [4.78, 5) is 24.6. The fraction of sp³-hybridized carbons (Fsp3) is 0.444. The third kappa shape index (κ3) is 3.49. The van der Waals surface area contributed by atoms with Crippen molar-refractivity contribution in [2.45, 2.75) is 39.4 Å². The van der Waals surface area contributed by atoms with E-state index >= 15 is 0 Å². The Kier molecular flexibility index (Phi) is 5.29. The number of para-hydroxylation sites is 1. The van der Waals surface area contributed by atoms with Crippen molar-refractivity contribution in [3.8, 4) is 0 Å². The van der Waals surface area contributed by atoms with E-state index in [9.17, 15) is 9.59 Å². The number of esters is 1. The third-order valence-electron chi connectivity index (χ3n) is 4.84. The van der Waals surface area contributed by atoms with Crippen LogP contribution in [0.5, 0.6) is 0 Å². The SMILES string of the molecule is CCC(C)(C(=O)CC(C)B1C=Cc2ccccc2N1)C(=O)OC. The van der Waals surface area contributed by atoms with Gasteiger partial charge in [-0.3, -0.25) is 9.59 Å². The van der Waals surface area contributed by atoms with Crippen LogP contribution in [0.1, 0.15) is 39.2 Å². The highest BCUT2D eigenvalue weighted by Crippen LogP contribution is 2.32. The minimum atomic E-state index is -1.06. The lowest BCUT2D eigenvalue weighted by Gasteiger charge is -2.28. The van der Waals surface area contributed by atoms with E-state index in [1.165, 1.54) is 7.11 Å². The smallest absolute Gasteiger partial charge is 0.319 e. The van der Waals surface area contributed by atoms with E-state index in [4.69, 9.17) is 4.74 Å². The molecule has 1 heterocycles. The van der Waals surface area contributed by atoms with Gasteiger partial charge in [-0.2, -0.15) is 0 Å². The molecule has 0 fully saturated rings. The fourth-order valence-electron chi connectivity index (χ4n) is 2.87. The largest absolute Gasteiger partial charge is 0.468 e. The van der Waals surface area contributed by atoms with E-state index in [1.54, 1.807) is 6.92 Å². The Labute approximate surface area is 138 Å². The van der Waals surface area contributed by atoms with Crippen molar-refractivity contribution in [3.63, 3.8) is 0 Å². The van der Waals surface area contributed by atoms with Crippen molar-refractivity contribution >= 4 is 30.4 Å². The van der Waals surface area contributed by atoms with Gasteiger partial charge in [0.1, 0.15) is 11.2 Å². The summed E-state index contributed by atoms with van der Waals surface area (Å²) in [5, 5.41) is 3.46. The van der Waals surface area contributed by atoms with Crippen molar-refractivity contribution < 1.29 is 14.3 Å². The monoisotopic (exact) mass is 313 g/mol. The Morgan fingerprint density at radius 2 is 2.04 bits per heavy atom. The van der Waals surface area contributed by atoms with E-state index in [0.29, 0.717) is 12.8 Å². The molecule has 0 radical (unpaired) electrons. The second-order valence-corrected chi connectivity index (χ2v) is 6.40. The molecule has 1 aliphatic rings. The lowest BCUT2D eigenvalue weighted by molar-refractivity contribution is -0.157. The molecule has 0 bridgehead atoms. The zero-order valence-electron chi connectivity index (χ0n) is 14.3. The summed E-state index contributed by atoms with van der Waals surface area (Å²) >= 11 is 0. The van der Waals surface area contributed by atoms with Gasteiger partial charge in [0, 0.05) is 12.1 Å². The standard InChI is InChI=1S/C18H24BNO3/c1-5-18(3,17(22)23-4)16(21)12-13(2)19-11-10-14-8-6-7-9-15(14)20-19/h6-11,13,20H,5,12H2,1-4H3. The molecule has 2 rings (SSSR count). The van der Waals surface area contributed by atoms with Crippen LogP contribution >= 0.6 is 0 Å². The van der Waals surface area contributed by atoms with Crippen LogP contribution in [0.25, 0.3) is 6.08 Å². The molecule has 0 saturated heterocycles. The van der Waals surface area contributed by atoms with Gasteiger partial charge in [-0.25, -0.2) is 0 Å². The summed E-state index contributed by atoms with van der Waals surface area (Å²) in [7, 11) is 1.33. The Morgan fingerprint density at radius 1 is 1.35 bits per heavy atom. The maximum atomic E-state index is 12.6. The van der Waals surface area contributed by atoms with Crippen LogP contribution in [0.2, 0.25) is 5.82 Å². The maximum absolute atomic E-state index is 12.6. The van der Waals surface area contributed by atoms with Crippen molar-refractivity contribution in [2.75, 3.05) is 12.3 Å². The van der Waals surface area contributed by atoms with Gasteiger partial charge in [0.05, 0.1) is 7.11 Å². The van der Waals surface area contributed by atoms with Crippen molar-refractivity contribution in [3.05, 3.63) is 35.8 Å². The first-order valence-electron chi connectivity index (χ1n) is 8.08. The van der Waals surface area contributed by atoms with Crippen molar-refractivity contribution in [1.29, 1.82) is 0 Å². The Balaban J connectivity index is 2.07. The highest BCUT2D eigenvalue weighted by molar-refractivity contribution is 6.70. The molecule has 2 atom stereocenters. The first-order chi connectivity index (χ1) is 10.9. The molecule has 1 aromatic rings. The molecule has 23 heavy (non-hydrogen) atoms. The van der Waals surface area contributed by atoms with Gasteiger partial charge in [-0.15, -0.1) is 0 Å². The summed E-state index contributed by atoms with van der Waals surface area (Å²) in [6.45, 7) is 5.62. The molecule has 0 aromatic heterocycles. The minimum Gasteiger partial charge on any atom is -0.468 e. The lowest BCUT2D eigenvalue weighted by Crippen LogP contribution is -2.39. The lowest BCUT2D eigenvalue weighted by atomic mass is 9.49. The Morgan fingerprint density at radius 3 is 2.70 bits per heavy atom. The number of methoxy groups -OCH3 is 1. The van der Waals surface area contributed by atoms with E-state index in [2.05, 4.69) is 23.3 Å². The Hall–Kier alpha value is -2.04. The van der Waals surface area contributed by atoms with Gasteiger partial charge in [0.2, 0.25) is 0 Å². The van der Waals surface area contributed by atoms with Crippen LogP contribution in [-0.2, 0) is 14.3 Å². The molecule has 5 heteroatoms. The minimum absolute atomic E-state index is 0.0617. The van der Waals surface area contributed by atoms with E-state index < -0.39 is 11.4 Å². The highest BCUT2D eigenvalue weighted by Gasteiger charge is 2.41. The first kappa shape index (κ1) is 17.3. The number of rotatable bonds is 6. The number of carbonyl (C=O) groups is 2. The molecule has 122 valence electrons. The van der Waals surface area contributed by atoms with Gasteiger partial charge >= 0.3 is 5.97 Å². The van der Waals surface area contributed by atoms with Gasteiger partial charge in [0.25, 0.3) is 6.85 Å². The van der Waals surface area contributed by atoms with Gasteiger partial charge in [0.15, 0.2) is 0 Å². The molecule has 1 N–H and O–H groups in total. The quantitative estimate of drug-likeness (QED) is 0.495. The predicted molar refractivity (Wildman–Crippen MR) is 94.3 cm³/mol. The second-order valence-electron chi connectivity index (χ2n) is 6.40. The normalized spacial score (nSPS) is 16.8. The number of hydrogen-bond donors (Lipinski definition) is 1. The van der Waals surface area contributed by atoms with E-state index in [1.807, 2.05) is 32.0 Å². The van der Waals surface area contributed by atoms with Crippen molar-refractivity contribution in [1.82, 2.24) is 0 Å². The molecular formula is C18H24BNO3. The predicted octanol–water partition coefficient (Wildman–Crippen LogP) is 3.59. The molecule has 2 unspecified atom stereocenters. The van der Waals surface area contributed by atoms with Crippen LogP contribution < -0.4 is 5.23 Å². The number of nitrogens with one attached hydrogen (secondary N) is 1. The van der Waals surface area contributed by atoms with Gasteiger partial charge in [-0.05, 0) is 30.8 Å². The van der Waals surface area contributed by atoms with Crippen molar-refractivity contribution in [2.24, 2.45) is 5.41 Å². The maximum Gasteiger partial charge on any atom is 0.319 e. The second kappa shape index (κ2) is 7.03. The molecular weight excluding hydrogens is 289 g/mol. The summed E-state index contributed by atoms with van der Waals surface area (Å²) in [6.07, 6.45) is 2.86. The van der Waals surface area contributed by atoms with Gasteiger partial charge in [-0.1, -0.05) is 44.1 Å². The molecule has 4 nitrogen and oxygen atoms in total. The number of Topliss-reactive ketones (excluding diaryl/α,β-unsaturated/α-hetero) is 1. The summed E-state index contributed by atoms with van der Waals surface area (Å²) in [6, 6.07) is 8.08. The number of benzene rings is 1.